The van der Waals surface area contributed by atoms with Gasteiger partial charge in [0.05, 0.1) is 5.75 Å². The van der Waals surface area contributed by atoms with Gasteiger partial charge in [-0.3, -0.25) is 0 Å². The van der Waals surface area contributed by atoms with E-state index in [4.69, 9.17) is 4.74 Å². The third kappa shape index (κ3) is 4.70. The fourth-order valence-corrected chi connectivity index (χ4v) is 4.06. The molecule has 0 aliphatic carbocycles. The molecule has 0 spiro atoms. The zero-order valence-electron chi connectivity index (χ0n) is 13.8. The molecule has 0 bridgehead atoms. The first kappa shape index (κ1) is 17.7. The molecular formula is C18H21FN2O3S. The zero-order chi connectivity index (χ0) is 17.7. The van der Waals surface area contributed by atoms with Crippen LogP contribution in [0.15, 0.2) is 54.6 Å². The van der Waals surface area contributed by atoms with Crippen LogP contribution in [-0.4, -0.2) is 51.3 Å². The molecule has 25 heavy (non-hydrogen) atoms. The van der Waals surface area contributed by atoms with E-state index in [-0.39, 0.29) is 18.2 Å². The van der Waals surface area contributed by atoms with Crippen LogP contribution in [0.4, 0.5) is 10.1 Å². The first-order valence-electron chi connectivity index (χ1n) is 8.21. The van der Waals surface area contributed by atoms with Crippen molar-refractivity contribution in [2.24, 2.45) is 0 Å². The minimum atomic E-state index is -3.36. The predicted octanol–water partition coefficient (Wildman–Crippen LogP) is 2.36. The number of hydrogen-bond acceptors (Lipinski definition) is 4. The second-order valence-electron chi connectivity index (χ2n) is 5.84. The summed E-state index contributed by atoms with van der Waals surface area (Å²) in [6, 6.07) is 15.5. The molecule has 2 aromatic carbocycles. The van der Waals surface area contributed by atoms with E-state index in [0.29, 0.717) is 31.9 Å². The standard InChI is InChI=1S/C18H21FN2O3S/c19-16-6-8-18(9-7-16)24-14-15-25(22,23)21-12-10-20(11-13-21)17-4-2-1-3-5-17/h1-9H,10-15H2. The molecule has 0 aromatic heterocycles. The average molecular weight is 364 g/mol. The quantitative estimate of drug-likeness (QED) is 0.790. The molecule has 1 aliphatic heterocycles. The Morgan fingerprint density at radius 3 is 2.20 bits per heavy atom. The SMILES string of the molecule is O=S(=O)(CCOc1ccc(F)cc1)N1CCN(c2ccccc2)CC1. The van der Waals surface area contributed by atoms with Gasteiger partial charge in [0, 0.05) is 31.9 Å². The van der Waals surface area contributed by atoms with Crippen molar-refractivity contribution in [2.45, 2.75) is 0 Å². The summed E-state index contributed by atoms with van der Waals surface area (Å²) in [4.78, 5) is 2.18. The van der Waals surface area contributed by atoms with Crippen molar-refractivity contribution in [3.8, 4) is 5.75 Å². The van der Waals surface area contributed by atoms with Gasteiger partial charge in [-0.25, -0.2) is 12.8 Å². The van der Waals surface area contributed by atoms with E-state index in [9.17, 15) is 12.8 Å². The number of anilines is 1. The van der Waals surface area contributed by atoms with Crippen LogP contribution in [0.3, 0.4) is 0 Å². The summed E-state index contributed by atoms with van der Waals surface area (Å²) in [5, 5.41) is 0. The van der Waals surface area contributed by atoms with E-state index in [1.165, 1.54) is 28.6 Å². The number of hydrogen-bond donors (Lipinski definition) is 0. The highest BCUT2D eigenvalue weighted by molar-refractivity contribution is 7.89. The van der Waals surface area contributed by atoms with Crippen molar-refractivity contribution < 1.29 is 17.5 Å². The third-order valence-electron chi connectivity index (χ3n) is 4.18. The molecule has 134 valence electrons. The minimum Gasteiger partial charge on any atom is -0.492 e. The number of halogens is 1. The molecule has 0 atom stereocenters. The Morgan fingerprint density at radius 2 is 1.56 bits per heavy atom. The molecule has 1 fully saturated rings. The first-order chi connectivity index (χ1) is 12.0. The number of rotatable bonds is 6. The number of ether oxygens (including phenoxy) is 1. The Hall–Kier alpha value is -2.12. The lowest BCUT2D eigenvalue weighted by Gasteiger charge is -2.35. The van der Waals surface area contributed by atoms with Crippen LogP contribution < -0.4 is 9.64 Å². The van der Waals surface area contributed by atoms with Crippen molar-refractivity contribution in [3.05, 3.63) is 60.4 Å². The number of nitrogens with zero attached hydrogens (tertiary/aromatic N) is 2. The first-order valence-corrected chi connectivity index (χ1v) is 9.82. The highest BCUT2D eigenvalue weighted by Gasteiger charge is 2.26. The molecule has 1 saturated heterocycles. The second kappa shape index (κ2) is 7.84. The number of piperazine rings is 1. The number of sulfonamides is 1. The Bertz CT molecular complexity index is 774. The van der Waals surface area contributed by atoms with Gasteiger partial charge in [-0.05, 0) is 36.4 Å². The van der Waals surface area contributed by atoms with E-state index in [1.807, 2.05) is 30.3 Å². The Morgan fingerprint density at radius 1 is 0.920 bits per heavy atom. The van der Waals surface area contributed by atoms with Crippen LogP contribution in [-0.2, 0) is 10.0 Å². The van der Waals surface area contributed by atoms with Gasteiger partial charge in [-0.1, -0.05) is 18.2 Å². The molecule has 5 nitrogen and oxygen atoms in total. The summed E-state index contributed by atoms with van der Waals surface area (Å²) in [6.45, 7) is 2.32. The van der Waals surface area contributed by atoms with Gasteiger partial charge in [0.15, 0.2) is 0 Å². The van der Waals surface area contributed by atoms with Crippen molar-refractivity contribution in [3.63, 3.8) is 0 Å². The molecule has 0 radical (unpaired) electrons. The maximum Gasteiger partial charge on any atom is 0.217 e. The molecule has 7 heteroatoms. The highest BCUT2D eigenvalue weighted by atomic mass is 32.2. The van der Waals surface area contributed by atoms with Crippen LogP contribution in [0.1, 0.15) is 0 Å². The highest BCUT2D eigenvalue weighted by Crippen LogP contribution is 2.17. The van der Waals surface area contributed by atoms with Gasteiger partial charge < -0.3 is 9.64 Å². The van der Waals surface area contributed by atoms with Crippen LogP contribution in [0.25, 0.3) is 0 Å². The van der Waals surface area contributed by atoms with Crippen LogP contribution in [0.5, 0.6) is 5.75 Å². The van der Waals surface area contributed by atoms with Gasteiger partial charge in [0.1, 0.15) is 18.2 Å². The lowest BCUT2D eigenvalue weighted by molar-refractivity contribution is 0.330. The normalized spacial score (nSPS) is 16.0. The topological polar surface area (TPSA) is 49.9 Å². The summed E-state index contributed by atoms with van der Waals surface area (Å²) in [7, 11) is -3.36. The number of benzene rings is 2. The van der Waals surface area contributed by atoms with Crippen LogP contribution in [0.2, 0.25) is 0 Å². The number of para-hydroxylation sites is 1. The van der Waals surface area contributed by atoms with E-state index in [1.54, 1.807) is 0 Å². The van der Waals surface area contributed by atoms with E-state index in [0.717, 1.165) is 5.69 Å². The van der Waals surface area contributed by atoms with Gasteiger partial charge in [0.2, 0.25) is 10.0 Å². The molecule has 0 saturated carbocycles. The smallest absolute Gasteiger partial charge is 0.217 e. The summed E-state index contributed by atoms with van der Waals surface area (Å²) in [6.07, 6.45) is 0. The van der Waals surface area contributed by atoms with Crippen molar-refractivity contribution >= 4 is 15.7 Å². The fraction of sp³-hybridized carbons (Fsp3) is 0.333. The van der Waals surface area contributed by atoms with Crippen LogP contribution >= 0.6 is 0 Å². The third-order valence-corrected chi connectivity index (χ3v) is 6.01. The zero-order valence-corrected chi connectivity index (χ0v) is 14.7. The van der Waals surface area contributed by atoms with Gasteiger partial charge in [-0.15, -0.1) is 0 Å². The monoisotopic (exact) mass is 364 g/mol. The fourth-order valence-electron chi connectivity index (χ4n) is 2.79. The van der Waals surface area contributed by atoms with Gasteiger partial charge in [-0.2, -0.15) is 4.31 Å². The largest absolute Gasteiger partial charge is 0.492 e. The van der Waals surface area contributed by atoms with Crippen molar-refractivity contribution in [2.75, 3.05) is 43.4 Å². The Balaban J connectivity index is 1.49. The molecule has 2 aromatic rings. The van der Waals surface area contributed by atoms with Crippen LogP contribution in [0, 0.1) is 5.82 Å². The molecular weight excluding hydrogens is 343 g/mol. The molecule has 0 amide bonds. The molecule has 3 rings (SSSR count). The molecule has 0 N–H and O–H groups in total. The van der Waals surface area contributed by atoms with Gasteiger partial charge >= 0.3 is 0 Å². The summed E-state index contributed by atoms with van der Waals surface area (Å²) >= 11 is 0. The molecule has 0 unspecified atom stereocenters. The minimum absolute atomic E-state index is 0.0485. The molecule has 1 aliphatic rings. The Labute approximate surface area is 147 Å². The van der Waals surface area contributed by atoms with Crippen molar-refractivity contribution in [1.82, 2.24) is 4.31 Å². The second-order valence-corrected chi connectivity index (χ2v) is 7.93. The maximum atomic E-state index is 12.8. The average Bonchev–Trinajstić information content (AvgIpc) is 2.64. The summed E-state index contributed by atoms with van der Waals surface area (Å²) < 4.78 is 44.6. The van der Waals surface area contributed by atoms with Crippen molar-refractivity contribution in [1.29, 1.82) is 0 Å². The predicted molar refractivity (Wildman–Crippen MR) is 95.9 cm³/mol. The summed E-state index contributed by atoms with van der Waals surface area (Å²) in [5.41, 5.74) is 1.11. The lowest BCUT2D eigenvalue weighted by Crippen LogP contribution is -2.49. The molecule has 1 heterocycles. The van der Waals surface area contributed by atoms with E-state index < -0.39 is 10.0 Å². The van der Waals surface area contributed by atoms with E-state index in [2.05, 4.69) is 4.90 Å². The summed E-state index contributed by atoms with van der Waals surface area (Å²) in [5.74, 6) is 0.0252. The maximum absolute atomic E-state index is 12.8. The lowest BCUT2D eigenvalue weighted by atomic mass is 10.2. The Kier molecular flexibility index (Phi) is 5.55. The van der Waals surface area contributed by atoms with Gasteiger partial charge in [0.25, 0.3) is 0 Å². The van der Waals surface area contributed by atoms with E-state index >= 15 is 0 Å².